The van der Waals surface area contributed by atoms with E-state index in [9.17, 15) is 4.79 Å². The van der Waals surface area contributed by atoms with E-state index in [1.165, 1.54) is 6.92 Å². The van der Waals surface area contributed by atoms with Gasteiger partial charge in [0.1, 0.15) is 0 Å². The van der Waals surface area contributed by atoms with Gasteiger partial charge in [-0.05, 0) is 6.07 Å². The van der Waals surface area contributed by atoms with Crippen molar-refractivity contribution < 1.29 is 60.9 Å². The topological polar surface area (TPSA) is 42.1 Å². The van der Waals surface area contributed by atoms with Crippen LogP contribution in [0.15, 0.2) is 24.3 Å². The molecule has 0 amide bonds. The maximum absolute atomic E-state index is 10.7. The molecule has 0 saturated carbocycles. The fourth-order valence-corrected chi connectivity index (χ4v) is 1.23. The van der Waals surface area contributed by atoms with E-state index in [-0.39, 0.29) is 57.4 Å². The van der Waals surface area contributed by atoms with E-state index in [1.807, 2.05) is 12.1 Å². The van der Waals surface area contributed by atoms with Gasteiger partial charge in [0.15, 0.2) is 0 Å². The van der Waals surface area contributed by atoms with Gasteiger partial charge in [-0.15, -0.1) is 23.2 Å². The van der Waals surface area contributed by atoms with E-state index in [0.717, 1.165) is 10.9 Å². The first-order valence-electron chi connectivity index (χ1n) is 3.93. The van der Waals surface area contributed by atoms with Crippen molar-refractivity contribution in [2.24, 2.45) is 0 Å². The number of aromatic nitrogens is 1. The number of aromatic amines is 1. The second-order valence-corrected chi connectivity index (χ2v) is 2.72. The Morgan fingerprint density at radius 3 is 3.00 bits per heavy atom. The van der Waals surface area contributed by atoms with Crippen molar-refractivity contribution >= 4 is 16.9 Å². The van der Waals surface area contributed by atoms with Crippen molar-refractivity contribution in [3.8, 4) is 5.75 Å². The largest absolute Gasteiger partial charge is 1.00 e. The summed E-state index contributed by atoms with van der Waals surface area (Å²) in [7, 11) is 0. The molecule has 4 heteroatoms. The molecule has 0 spiro atoms. The summed E-state index contributed by atoms with van der Waals surface area (Å²) >= 11 is 0. The number of hydrogen-bond acceptors (Lipinski definition) is 2. The number of rotatable bonds is 1. The number of fused-ring (bicyclic) bond motifs is 1. The molecule has 0 atom stereocenters. The first kappa shape index (κ1) is 11.9. The summed E-state index contributed by atoms with van der Waals surface area (Å²) in [5.74, 6) is 0.260. The first-order valence-corrected chi connectivity index (χ1v) is 3.93. The van der Waals surface area contributed by atoms with Crippen LogP contribution in [0.25, 0.3) is 10.9 Å². The average molecular weight is 213 g/mol. The van der Waals surface area contributed by atoms with Crippen LogP contribution in [-0.4, -0.2) is 11.0 Å². The molecule has 0 bridgehead atoms. The summed E-state index contributed by atoms with van der Waals surface area (Å²) in [5.41, 5.74) is 0.916. The molecule has 1 N–H and O–H groups in total. The number of carbonyl (C=O) groups excluding carboxylic acids is 1. The van der Waals surface area contributed by atoms with Crippen molar-refractivity contribution in [1.29, 1.82) is 0 Å². The third kappa shape index (κ3) is 2.46. The molecule has 0 radical (unpaired) electrons. The normalized spacial score (nSPS) is 9.50. The van der Waals surface area contributed by atoms with Crippen molar-refractivity contribution in [1.82, 2.24) is 4.98 Å². The zero-order valence-corrected chi connectivity index (χ0v) is 11.2. The van der Waals surface area contributed by atoms with Gasteiger partial charge in [-0.25, -0.2) is 0 Å². The van der Waals surface area contributed by atoms with Crippen LogP contribution in [-0.2, 0) is 4.79 Å². The van der Waals surface area contributed by atoms with Crippen LogP contribution in [0.5, 0.6) is 5.75 Å². The van der Waals surface area contributed by atoms with Crippen LogP contribution in [0.4, 0.5) is 0 Å². The number of ether oxygens (including phenoxy) is 1. The summed E-state index contributed by atoms with van der Waals surface area (Å²) in [6, 6.07) is 7.24. The fraction of sp³-hybridized carbons (Fsp3) is 0.100. The number of carbonyl (C=O) groups is 1. The minimum absolute atomic E-state index is 0. The maximum atomic E-state index is 10.7. The number of nitrogens with one attached hydrogen (secondary N) is 1. The summed E-state index contributed by atoms with van der Waals surface area (Å²) in [5, 5.41) is 0.873. The fourth-order valence-electron chi connectivity index (χ4n) is 1.23. The zero-order valence-electron chi connectivity index (χ0n) is 8.13. The molecule has 1 heterocycles. The van der Waals surface area contributed by atoms with Gasteiger partial charge < -0.3 is 9.72 Å². The molecule has 0 saturated heterocycles. The Kier molecular flexibility index (Phi) is 4.34. The van der Waals surface area contributed by atoms with E-state index < -0.39 is 0 Å². The smallest absolute Gasteiger partial charge is 0.477 e. The van der Waals surface area contributed by atoms with Crippen molar-refractivity contribution in [3.05, 3.63) is 30.5 Å². The average Bonchev–Trinajstić information content (AvgIpc) is 2.51. The minimum Gasteiger partial charge on any atom is -0.477 e. The molecular weight excluding hydrogens is 205 g/mol. The minimum atomic E-state index is -0.311. The first-order chi connectivity index (χ1) is 6.27. The Bertz CT molecular complexity index is 450. The van der Waals surface area contributed by atoms with Crippen LogP contribution in [0.2, 0.25) is 0 Å². The Hall–Kier alpha value is -0.134. The maximum Gasteiger partial charge on any atom is 1.00 e. The van der Waals surface area contributed by atoms with Crippen LogP contribution in [0.1, 0.15) is 6.92 Å². The van der Waals surface area contributed by atoms with Gasteiger partial charge in [-0.3, -0.25) is 4.79 Å². The monoisotopic (exact) mass is 213 g/mol. The number of hydrogen-bond donors (Lipinski definition) is 1. The van der Waals surface area contributed by atoms with Gasteiger partial charge in [-0.1, -0.05) is 6.07 Å². The van der Waals surface area contributed by atoms with Gasteiger partial charge in [0.05, 0.1) is 5.75 Å². The van der Waals surface area contributed by atoms with Gasteiger partial charge in [0.2, 0.25) is 0 Å². The molecule has 0 aliphatic carbocycles. The SMILES string of the molecule is CC(=O)Oc1cccc2[nH][c-]cc12.[K+]. The molecule has 3 nitrogen and oxygen atoms in total. The van der Waals surface area contributed by atoms with Crippen molar-refractivity contribution in [2.75, 3.05) is 0 Å². The molecule has 0 unspecified atom stereocenters. The molecule has 14 heavy (non-hydrogen) atoms. The molecule has 66 valence electrons. The van der Waals surface area contributed by atoms with E-state index in [4.69, 9.17) is 4.74 Å². The molecule has 1 aromatic carbocycles. The summed E-state index contributed by atoms with van der Waals surface area (Å²) in [6.07, 6.45) is 2.84. The van der Waals surface area contributed by atoms with Crippen LogP contribution in [0.3, 0.4) is 0 Å². The quantitative estimate of drug-likeness (QED) is 0.283. The number of esters is 1. The number of benzene rings is 1. The Morgan fingerprint density at radius 1 is 1.50 bits per heavy atom. The van der Waals surface area contributed by atoms with E-state index >= 15 is 0 Å². The van der Waals surface area contributed by atoms with Crippen LogP contribution < -0.4 is 56.1 Å². The summed E-state index contributed by atoms with van der Waals surface area (Å²) in [4.78, 5) is 13.7. The van der Waals surface area contributed by atoms with Crippen molar-refractivity contribution in [3.63, 3.8) is 0 Å². The van der Waals surface area contributed by atoms with E-state index in [1.54, 1.807) is 12.1 Å². The van der Waals surface area contributed by atoms with Crippen LogP contribution >= 0.6 is 0 Å². The molecule has 2 aromatic rings. The van der Waals surface area contributed by atoms with Gasteiger partial charge in [0, 0.05) is 6.92 Å². The summed E-state index contributed by atoms with van der Waals surface area (Å²) in [6.45, 7) is 1.38. The number of H-pyrrole nitrogens is 1. The molecule has 0 aliphatic heterocycles. The molecule has 0 aliphatic rings. The second kappa shape index (κ2) is 5.09. The predicted molar refractivity (Wildman–Crippen MR) is 48.4 cm³/mol. The molecule has 0 fully saturated rings. The van der Waals surface area contributed by atoms with Gasteiger partial charge >= 0.3 is 57.4 Å². The zero-order chi connectivity index (χ0) is 9.26. The standard InChI is InChI=1S/C10H8NO2.K/c1-7(12)13-10-4-2-3-9-8(10)5-6-11-9;/h2-5,11H,1H3;/q-1;+1. The van der Waals surface area contributed by atoms with E-state index in [0.29, 0.717) is 5.75 Å². The molecular formula is C10H8KNO2. The Morgan fingerprint density at radius 2 is 2.29 bits per heavy atom. The Labute approximate surface area is 124 Å². The third-order valence-electron chi connectivity index (χ3n) is 1.74. The van der Waals surface area contributed by atoms with Crippen molar-refractivity contribution in [2.45, 2.75) is 6.92 Å². The molecule has 2 rings (SSSR count). The van der Waals surface area contributed by atoms with Crippen LogP contribution in [0, 0.1) is 6.20 Å². The second-order valence-electron chi connectivity index (χ2n) is 2.72. The predicted octanol–water partition coefficient (Wildman–Crippen LogP) is -1.10. The van der Waals surface area contributed by atoms with E-state index in [2.05, 4.69) is 11.2 Å². The summed E-state index contributed by atoms with van der Waals surface area (Å²) < 4.78 is 5.01. The Balaban J connectivity index is 0.000000980. The third-order valence-corrected chi connectivity index (χ3v) is 1.74. The van der Waals surface area contributed by atoms with Gasteiger partial charge in [0.25, 0.3) is 0 Å². The molecule has 1 aromatic heterocycles. The van der Waals surface area contributed by atoms with Gasteiger partial charge in [-0.2, -0.15) is 6.07 Å².